The number of hydrogen-bond donors (Lipinski definition) is 1. The van der Waals surface area contributed by atoms with Gasteiger partial charge >= 0.3 is 0 Å². The molecule has 2 unspecified atom stereocenters. The van der Waals surface area contributed by atoms with Crippen LogP contribution < -0.4 is 14.8 Å². The van der Waals surface area contributed by atoms with E-state index in [1.165, 1.54) is 0 Å². The number of nitrogens with one attached hydrogen (secondary N) is 1. The zero-order valence-corrected chi connectivity index (χ0v) is 12.9. The predicted octanol–water partition coefficient (Wildman–Crippen LogP) is 2.12. The number of ether oxygens (including phenoxy) is 2. The largest absolute Gasteiger partial charge is 0.497 e. The van der Waals surface area contributed by atoms with E-state index in [-0.39, 0.29) is 6.04 Å². The van der Waals surface area contributed by atoms with Gasteiger partial charge in [0.1, 0.15) is 11.5 Å². The molecule has 1 aromatic carbocycles. The van der Waals surface area contributed by atoms with Gasteiger partial charge < -0.3 is 14.8 Å². The minimum atomic E-state index is -0.726. The van der Waals surface area contributed by atoms with E-state index in [4.69, 9.17) is 9.47 Å². The fraction of sp³-hybridized carbons (Fsp3) is 0.571. The molecule has 0 aromatic heterocycles. The Balaban J connectivity index is 2.65. The van der Waals surface area contributed by atoms with Crippen molar-refractivity contribution in [1.29, 1.82) is 0 Å². The maximum atomic E-state index is 11.4. The molecule has 0 bridgehead atoms. The summed E-state index contributed by atoms with van der Waals surface area (Å²) in [7, 11) is 2.56. The molecule has 1 rings (SSSR count). The van der Waals surface area contributed by atoms with Crippen LogP contribution in [0.25, 0.3) is 0 Å². The molecule has 1 aromatic rings. The molecule has 0 spiro atoms. The molecule has 19 heavy (non-hydrogen) atoms. The van der Waals surface area contributed by atoms with E-state index < -0.39 is 10.8 Å². The zero-order valence-electron chi connectivity index (χ0n) is 12.1. The van der Waals surface area contributed by atoms with Crippen LogP contribution in [-0.2, 0) is 10.8 Å². The Morgan fingerprint density at radius 1 is 1.32 bits per heavy atom. The number of rotatable bonds is 8. The van der Waals surface area contributed by atoms with Gasteiger partial charge in [0.2, 0.25) is 0 Å². The SMILES string of the molecule is CCS(=O)CCNC(C)c1ccc(OC)cc1OC. The van der Waals surface area contributed by atoms with E-state index in [2.05, 4.69) is 12.2 Å². The minimum absolute atomic E-state index is 0.148. The molecule has 0 aliphatic heterocycles. The molecule has 2 atom stereocenters. The molecule has 0 heterocycles. The second-order valence-corrected chi connectivity index (χ2v) is 6.08. The van der Waals surface area contributed by atoms with Gasteiger partial charge in [-0.2, -0.15) is 0 Å². The number of hydrogen-bond acceptors (Lipinski definition) is 4. The van der Waals surface area contributed by atoms with Gasteiger partial charge in [-0.05, 0) is 13.0 Å². The van der Waals surface area contributed by atoms with Gasteiger partial charge in [-0.1, -0.05) is 13.0 Å². The highest BCUT2D eigenvalue weighted by atomic mass is 32.2. The van der Waals surface area contributed by atoms with Crippen molar-refractivity contribution in [3.8, 4) is 11.5 Å². The molecular weight excluding hydrogens is 262 g/mol. The summed E-state index contributed by atoms with van der Waals surface area (Å²) in [5, 5.41) is 3.36. The Morgan fingerprint density at radius 2 is 2.05 bits per heavy atom. The summed E-state index contributed by atoms with van der Waals surface area (Å²) in [6.07, 6.45) is 0. The molecule has 108 valence electrons. The standard InChI is InChI=1S/C14H23NO3S/c1-5-19(16)9-8-15-11(2)13-7-6-12(17-3)10-14(13)18-4/h6-7,10-11,15H,5,8-9H2,1-4H3. The van der Waals surface area contributed by atoms with Crippen molar-refractivity contribution in [2.75, 3.05) is 32.3 Å². The first kappa shape index (κ1) is 16.0. The molecule has 0 saturated heterocycles. The van der Waals surface area contributed by atoms with Crippen molar-refractivity contribution in [3.63, 3.8) is 0 Å². The maximum absolute atomic E-state index is 11.4. The summed E-state index contributed by atoms with van der Waals surface area (Å²) in [4.78, 5) is 0. The van der Waals surface area contributed by atoms with Gasteiger partial charge in [0.05, 0.1) is 14.2 Å². The topological polar surface area (TPSA) is 47.6 Å². The Labute approximate surface area is 118 Å². The van der Waals surface area contributed by atoms with E-state index >= 15 is 0 Å². The van der Waals surface area contributed by atoms with Crippen LogP contribution in [0.15, 0.2) is 18.2 Å². The lowest BCUT2D eigenvalue weighted by molar-refractivity contribution is 0.386. The second-order valence-electron chi connectivity index (χ2n) is 4.22. The van der Waals surface area contributed by atoms with Crippen molar-refractivity contribution in [1.82, 2.24) is 5.32 Å². The third-order valence-corrected chi connectivity index (χ3v) is 4.31. The molecule has 0 radical (unpaired) electrons. The van der Waals surface area contributed by atoms with Crippen molar-refractivity contribution < 1.29 is 13.7 Å². The van der Waals surface area contributed by atoms with Crippen molar-refractivity contribution in [2.24, 2.45) is 0 Å². The first-order valence-corrected chi connectivity index (χ1v) is 7.91. The van der Waals surface area contributed by atoms with Crippen molar-refractivity contribution in [2.45, 2.75) is 19.9 Å². The highest BCUT2D eigenvalue weighted by molar-refractivity contribution is 7.84. The lowest BCUT2D eigenvalue weighted by Gasteiger charge is -2.18. The van der Waals surface area contributed by atoms with Crippen LogP contribution in [0.2, 0.25) is 0 Å². The van der Waals surface area contributed by atoms with Gasteiger partial charge in [0.15, 0.2) is 0 Å². The molecule has 0 amide bonds. The van der Waals surface area contributed by atoms with Crippen LogP contribution >= 0.6 is 0 Å². The van der Waals surface area contributed by atoms with Gasteiger partial charge in [-0.3, -0.25) is 4.21 Å². The predicted molar refractivity (Wildman–Crippen MR) is 79.5 cm³/mol. The number of benzene rings is 1. The maximum Gasteiger partial charge on any atom is 0.127 e. The van der Waals surface area contributed by atoms with Crippen molar-refractivity contribution >= 4 is 10.8 Å². The summed E-state index contributed by atoms with van der Waals surface area (Å²) >= 11 is 0. The number of methoxy groups -OCH3 is 2. The first-order valence-electron chi connectivity index (χ1n) is 6.42. The molecule has 5 heteroatoms. The van der Waals surface area contributed by atoms with Gasteiger partial charge in [-0.25, -0.2) is 0 Å². The Bertz CT molecular complexity index is 423. The van der Waals surface area contributed by atoms with E-state index in [9.17, 15) is 4.21 Å². The molecule has 0 saturated carbocycles. The third-order valence-electron chi connectivity index (χ3n) is 3.01. The van der Waals surface area contributed by atoms with Crippen LogP contribution in [-0.4, -0.2) is 36.5 Å². The normalized spacial score (nSPS) is 13.9. The van der Waals surface area contributed by atoms with E-state index in [1.54, 1.807) is 14.2 Å². The summed E-state index contributed by atoms with van der Waals surface area (Å²) in [6, 6.07) is 5.93. The molecule has 0 aliphatic rings. The molecule has 1 N–H and O–H groups in total. The van der Waals surface area contributed by atoms with Crippen molar-refractivity contribution in [3.05, 3.63) is 23.8 Å². The lowest BCUT2D eigenvalue weighted by Crippen LogP contribution is -2.24. The average Bonchev–Trinajstić information content (AvgIpc) is 2.45. The summed E-state index contributed by atoms with van der Waals surface area (Å²) < 4.78 is 21.9. The highest BCUT2D eigenvalue weighted by Gasteiger charge is 2.12. The zero-order chi connectivity index (χ0) is 14.3. The van der Waals surface area contributed by atoms with Crippen LogP contribution in [0.1, 0.15) is 25.5 Å². The Kier molecular flexibility index (Phi) is 6.87. The summed E-state index contributed by atoms with van der Waals surface area (Å²) in [5.74, 6) is 2.97. The fourth-order valence-corrected chi connectivity index (χ4v) is 2.45. The molecule has 4 nitrogen and oxygen atoms in total. The van der Waals surface area contributed by atoms with E-state index in [0.717, 1.165) is 23.6 Å². The first-order chi connectivity index (χ1) is 9.12. The second kappa shape index (κ2) is 8.17. The van der Waals surface area contributed by atoms with Gasteiger partial charge in [-0.15, -0.1) is 0 Å². The molecular formula is C14H23NO3S. The van der Waals surface area contributed by atoms with E-state index in [0.29, 0.717) is 11.5 Å². The quantitative estimate of drug-likeness (QED) is 0.795. The highest BCUT2D eigenvalue weighted by Crippen LogP contribution is 2.29. The van der Waals surface area contributed by atoms with Gasteiger partial charge in [0.25, 0.3) is 0 Å². The summed E-state index contributed by atoms with van der Waals surface area (Å²) in [6.45, 7) is 4.74. The summed E-state index contributed by atoms with van der Waals surface area (Å²) in [5.41, 5.74) is 1.07. The van der Waals surface area contributed by atoms with Gasteiger partial charge in [0, 0.05) is 46.5 Å². The lowest BCUT2D eigenvalue weighted by atomic mass is 10.1. The van der Waals surface area contributed by atoms with Crippen LogP contribution in [0.3, 0.4) is 0 Å². The van der Waals surface area contributed by atoms with Crippen LogP contribution in [0.5, 0.6) is 11.5 Å². The molecule has 0 fully saturated rings. The van der Waals surface area contributed by atoms with Crippen LogP contribution in [0.4, 0.5) is 0 Å². The minimum Gasteiger partial charge on any atom is -0.497 e. The Morgan fingerprint density at radius 3 is 2.63 bits per heavy atom. The monoisotopic (exact) mass is 285 g/mol. The Hall–Kier alpha value is -1.07. The van der Waals surface area contributed by atoms with Crippen LogP contribution in [0, 0.1) is 0 Å². The fourth-order valence-electron chi connectivity index (χ4n) is 1.82. The average molecular weight is 285 g/mol. The smallest absolute Gasteiger partial charge is 0.127 e. The third kappa shape index (κ3) is 4.84. The van der Waals surface area contributed by atoms with E-state index in [1.807, 2.05) is 25.1 Å². The molecule has 0 aliphatic carbocycles.